The van der Waals surface area contributed by atoms with Crippen molar-refractivity contribution >= 4 is 11.9 Å². The van der Waals surface area contributed by atoms with Crippen molar-refractivity contribution < 1.29 is 19.1 Å². The van der Waals surface area contributed by atoms with Crippen molar-refractivity contribution in [2.45, 2.75) is 38.3 Å². The number of carbonyl (C=O) groups is 2. The van der Waals surface area contributed by atoms with Gasteiger partial charge in [0.15, 0.2) is 12.7 Å². The van der Waals surface area contributed by atoms with Gasteiger partial charge in [-0.3, -0.25) is 4.79 Å². The normalized spacial score (nSPS) is 16.2. The van der Waals surface area contributed by atoms with E-state index in [2.05, 4.69) is 11.4 Å². The van der Waals surface area contributed by atoms with Gasteiger partial charge in [0.2, 0.25) is 0 Å². The molecule has 2 aromatic rings. The molecule has 0 bridgehead atoms. The Morgan fingerprint density at radius 2 is 1.96 bits per heavy atom. The van der Waals surface area contributed by atoms with Crippen molar-refractivity contribution in [1.29, 1.82) is 5.26 Å². The Hall–Kier alpha value is -3.33. The summed E-state index contributed by atoms with van der Waals surface area (Å²) in [6.45, 7) is 1.24. The number of carbonyl (C=O) groups excluding carboxylic acids is 2. The summed E-state index contributed by atoms with van der Waals surface area (Å²) < 4.78 is 10.5. The number of aryl methyl sites for hydroxylation is 1. The third-order valence-corrected chi connectivity index (χ3v) is 4.70. The zero-order valence-corrected chi connectivity index (χ0v) is 15.7. The lowest BCUT2D eigenvalue weighted by Crippen LogP contribution is -2.39. The Balaban J connectivity index is 1.48. The molecule has 3 rings (SSSR count). The lowest BCUT2D eigenvalue weighted by Gasteiger charge is -2.27. The summed E-state index contributed by atoms with van der Waals surface area (Å²) >= 11 is 0. The molecule has 1 N–H and O–H groups in total. The fourth-order valence-corrected chi connectivity index (χ4v) is 3.25. The highest BCUT2D eigenvalue weighted by atomic mass is 16.6. The quantitative estimate of drug-likeness (QED) is 0.781. The topological polar surface area (TPSA) is 88.4 Å². The van der Waals surface area contributed by atoms with Crippen LogP contribution in [0.2, 0.25) is 0 Å². The first-order chi connectivity index (χ1) is 13.6. The number of ether oxygens (including phenoxy) is 2. The van der Waals surface area contributed by atoms with Crippen LogP contribution in [-0.2, 0) is 20.7 Å². The summed E-state index contributed by atoms with van der Waals surface area (Å²) in [6, 6.07) is 16.4. The minimum Gasteiger partial charge on any atom is -0.482 e. The van der Waals surface area contributed by atoms with E-state index in [1.165, 1.54) is 5.56 Å². The van der Waals surface area contributed by atoms with E-state index in [-0.39, 0.29) is 18.6 Å². The van der Waals surface area contributed by atoms with Gasteiger partial charge in [-0.05, 0) is 61.6 Å². The van der Waals surface area contributed by atoms with E-state index in [4.69, 9.17) is 14.7 Å². The Morgan fingerprint density at radius 3 is 2.71 bits per heavy atom. The first-order valence-electron chi connectivity index (χ1n) is 9.27. The second-order valence-corrected chi connectivity index (χ2v) is 6.71. The zero-order chi connectivity index (χ0) is 19.9. The highest BCUT2D eigenvalue weighted by molar-refractivity contribution is 5.84. The van der Waals surface area contributed by atoms with Crippen molar-refractivity contribution in [3.8, 4) is 11.8 Å². The number of nitriles is 1. The van der Waals surface area contributed by atoms with Gasteiger partial charge >= 0.3 is 5.97 Å². The average Bonchev–Trinajstić information content (AvgIpc) is 2.73. The Kier molecular flexibility index (Phi) is 6.28. The number of hydrogen-bond acceptors (Lipinski definition) is 5. The van der Waals surface area contributed by atoms with Gasteiger partial charge in [0.1, 0.15) is 5.75 Å². The van der Waals surface area contributed by atoms with Crippen LogP contribution in [0.4, 0.5) is 0 Å². The van der Waals surface area contributed by atoms with Gasteiger partial charge in [-0.25, -0.2) is 4.79 Å². The van der Waals surface area contributed by atoms with Crippen molar-refractivity contribution in [1.82, 2.24) is 5.32 Å². The standard InChI is InChI=1S/C22H22N2O4/c1-15(28-21(25)14-27-18-11-9-16(13-23)10-12-18)22(26)24-20-8-4-6-17-5-2-3-7-19(17)20/h2-3,5,7,9-12,15,20H,4,6,8,14H2,1H3,(H,24,26)/t15-,20-/m1/s1. The smallest absolute Gasteiger partial charge is 0.344 e. The molecule has 0 aliphatic heterocycles. The molecule has 0 spiro atoms. The van der Waals surface area contributed by atoms with Gasteiger partial charge in [0.25, 0.3) is 5.91 Å². The van der Waals surface area contributed by atoms with Gasteiger partial charge in [-0.15, -0.1) is 0 Å². The van der Waals surface area contributed by atoms with Crippen LogP contribution in [0.3, 0.4) is 0 Å². The molecule has 1 aliphatic rings. The number of nitrogens with one attached hydrogen (secondary N) is 1. The minimum absolute atomic E-state index is 0.0616. The molecule has 0 fully saturated rings. The number of nitrogens with zero attached hydrogens (tertiary/aromatic N) is 1. The first-order valence-corrected chi connectivity index (χ1v) is 9.27. The highest BCUT2D eigenvalue weighted by Crippen LogP contribution is 2.29. The molecule has 28 heavy (non-hydrogen) atoms. The van der Waals surface area contributed by atoms with Crippen LogP contribution in [-0.4, -0.2) is 24.6 Å². The van der Waals surface area contributed by atoms with E-state index >= 15 is 0 Å². The van der Waals surface area contributed by atoms with Crippen molar-refractivity contribution in [2.75, 3.05) is 6.61 Å². The summed E-state index contributed by atoms with van der Waals surface area (Å²) in [7, 11) is 0. The average molecular weight is 378 g/mol. The second-order valence-electron chi connectivity index (χ2n) is 6.71. The van der Waals surface area contributed by atoms with Gasteiger partial charge in [0, 0.05) is 0 Å². The third kappa shape index (κ3) is 4.89. The SMILES string of the molecule is C[C@@H](OC(=O)COc1ccc(C#N)cc1)C(=O)N[C@@H]1CCCc2ccccc21. The first kappa shape index (κ1) is 19.4. The Bertz CT molecular complexity index is 886. The van der Waals surface area contributed by atoms with Crippen LogP contribution in [0.15, 0.2) is 48.5 Å². The number of amides is 1. The summed E-state index contributed by atoms with van der Waals surface area (Å²) in [6.07, 6.45) is 1.98. The molecular weight excluding hydrogens is 356 g/mol. The maximum Gasteiger partial charge on any atom is 0.344 e. The summed E-state index contributed by atoms with van der Waals surface area (Å²) in [5.41, 5.74) is 2.88. The zero-order valence-electron chi connectivity index (χ0n) is 15.7. The van der Waals surface area contributed by atoms with Crippen LogP contribution >= 0.6 is 0 Å². The molecule has 6 heteroatoms. The third-order valence-electron chi connectivity index (χ3n) is 4.70. The molecule has 0 heterocycles. The number of hydrogen-bond donors (Lipinski definition) is 1. The molecule has 6 nitrogen and oxygen atoms in total. The predicted molar refractivity (Wildman–Crippen MR) is 102 cm³/mol. The molecule has 0 saturated heterocycles. The molecule has 1 amide bonds. The van der Waals surface area contributed by atoms with Crippen LogP contribution < -0.4 is 10.1 Å². The minimum atomic E-state index is -0.911. The van der Waals surface area contributed by atoms with E-state index in [1.54, 1.807) is 31.2 Å². The van der Waals surface area contributed by atoms with E-state index in [1.807, 2.05) is 24.3 Å². The number of rotatable bonds is 6. The van der Waals surface area contributed by atoms with Gasteiger partial charge in [-0.1, -0.05) is 24.3 Å². The molecule has 2 aromatic carbocycles. The van der Waals surface area contributed by atoms with Crippen molar-refractivity contribution in [3.05, 3.63) is 65.2 Å². The van der Waals surface area contributed by atoms with Crippen LogP contribution in [0.5, 0.6) is 5.75 Å². The van der Waals surface area contributed by atoms with Gasteiger partial charge < -0.3 is 14.8 Å². The maximum absolute atomic E-state index is 12.4. The molecule has 0 radical (unpaired) electrons. The van der Waals surface area contributed by atoms with Crippen LogP contribution in [0, 0.1) is 11.3 Å². The largest absolute Gasteiger partial charge is 0.482 e. The fraction of sp³-hybridized carbons (Fsp3) is 0.318. The number of benzene rings is 2. The number of esters is 1. The van der Waals surface area contributed by atoms with Crippen LogP contribution in [0.1, 0.15) is 42.5 Å². The molecule has 2 atom stereocenters. The predicted octanol–water partition coefficient (Wildman–Crippen LogP) is 3.06. The van der Waals surface area contributed by atoms with Crippen molar-refractivity contribution in [2.24, 2.45) is 0 Å². The summed E-state index contributed by atoms with van der Waals surface area (Å²) in [4.78, 5) is 24.4. The molecular formula is C22H22N2O4. The molecule has 0 aromatic heterocycles. The molecule has 0 saturated carbocycles. The van der Waals surface area contributed by atoms with E-state index in [0.29, 0.717) is 11.3 Å². The van der Waals surface area contributed by atoms with Crippen LogP contribution in [0.25, 0.3) is 0 Å². The summed E-state index contributed by atoms with van der Waals surface area (Å²) in [5.74, 6) is -0.503. The summed E-state index contributed by atoms with van der Waals surface area (Å²) in [5, 5.41) is 11.7. The van der Waals surface area contributed by atoms with E-state index in [0.717, 1.165) is 24.8 Å². The lowest BCUT2D eigenvalue weighted by molar-refractivity contribution is -0.156. The second kappa shape index (κ2) is 9.05. The highest BCUT2D eigenvalue weighted by Gasteiger charge is 2.25. The van der Waals surface area contributed by atoms with Gasteiger partial charge in [-0.2, -0.15) is 5.26 Å². The molecule has 144 valence electrons. The number of fused-ring (bicyclic) bond motifs is 1. The van der Waals surface area contributed by atoms with Gasteiger partial charge in [0.05, 0.1) is 17.7 Å². The van der Waals surface area contributed by atoms with Crippen molar-refractivity contribution in [3.63, 3.8) is 0 Å². The molecule has 0 unspecified atom stereocenters. The van der Waals surface area contributed by atoms with E-state index in [9.17, 15) is 9.59 Å². The lowest BCUT2D eigenvalue weighted by atomic mass is 9.87. The maximum atomic E-state index is 12.4. The Labute approximate surface area is 164 Å². The molecule has 1 aliphatic carbocycles. The van der Waals surface area contributed by atoms with E-state index < -0.39 is 12.1 Å². The monoisotopic (exact) mass is 378 g/mol. The fourth-order valence-electron chi connectivity index (χ4n) is 3.25. The Morgan fingerprint density at radius 1 is 1.21 bits per heavy atom.